The van der Waals surface area contributed by atoms with Gasteiger partial charge in [-0.2, -0.15) is 0 Å². The molecule has 0 saturated heterocycles. The Morgan fingerprint density at radius 2 is 2.25 bits per heavy atom. The second-order valence-corrected chi connectivity index (χ2v) is 4.33. The quantitative estimate of drug-likeness (QED) is 0.803. The van der Waals surface area contributed by atoms with Crippen molar-refractivity contribution in [2.24, 2.45) is 5.73 Å². The van der Waals surface area contributed by atoms with Crippen molar-refractivity contribution in [1.29, 1.82) is 0 Å². The molecule has 88 valence electrons. The molecule has 1 aromatic carbocycles. The molecule has 3 heteroatoms. The molecule has 0 fully saturated rings. The molecule has 0 bridgehead atoms. The van der Waals surface area contributed by atoms with E-state index >= 15 is 0 Å². The van der Waals surface area contributed by atoms with Gasteiger partial charge in [-0.05, 0) is 36.5 Å². The Labute approximate surface area is 96.9 Å². The number of aliphatic hydroxyl groups is 1. The van der Waals surface area contributed by atoms with Gasteiger partial charge in [-0.25, -0.2) is 0 Å². The number of rotatable bonds is 4. The molecule has 2 rings (SSSR count). The number of hydrogen-bond acceptors (Lipinski definition) is 3. The van der Waals surface area contributed by atoms with Crippen LogP contribution in [-0.2, 0) is 13.0 Å². The Morgan fingerprint density at radius 1 is 1.38 bits per heavy atom. The van der Waals surface area contributed by atoms with Crippen LogP contribution in [0.5, 0.6) is 0 Å². The van der Waals surface area contributed by atoms with Crippen LogP contribution in [0.4, 0.5) is 5.69 Å². The third-order valence-electron chi connectivity index (χ3n) is 3.19. The fourth-order valence-electron chi connectivity index (χ4n) is 2.32. The van der Waals surface area contributed by atoms with Gasteiger partial charge in [-0.3, -0.25) is 0 Å². The Hall–Kier alpha value is -1.06. The maximum atomic E-state index is 8.90. The summed E-state index contributed by atoms with van der Waals surface area (Å²) in [6.45, 7) is 2.90. The van der Waals surface area contributed by atoms with E-state index in [0.29, 0.717) is 6.54 Å². The van der Waals surface area contributed by atoms with Crippen LogP contribution in [0.3, 0.4) is 0 Å². The highest BCUT2D eigenvalue weighted by Gasteiger charge is 2.16. The second-order valence-electron chi connectivity index (χ2n) is 4.33. The van der Waals surface area contributed by atoms with E-state index in [1.165, 1.54) is 23.2 Å². The van der Waals surface area contributed by atoms with Crippen LogP contribution in [0.1, 0.15) is 24.0 Å². The number of aliphatic hydroxyl groups excluding tert-OH is 1. The summed E-state index contributed by atoms with van der Waals surface area (Å²) in [4.78, 5) is 2.37. The third-order valence-corrected chi connectivity index (χ3v) is 3.19. The Balaban J connectivity index is 2.21. The van der Waals surface area contributed by atoms with Crippen LogP contribution in [0.15, 0.2) is 18.2 Å². The summed E-state index contributed by atoms with van der Waals surface area (Å²) in [6.07, 6.45) is 3.21. The molecule has 0 unspecified atom stereocenters. The highest BCUT2D eigenvalue weighted by Crippen LogP contribution is 2.28. The summed E-state index contributed by atoms with van der Waals surface area (Å²) in [5.41, 5.74) is 9.60. The molecular formula is C13H20N2O. The van der Waals surface area contributed by atoms with Gasteiger partial charge in [0.1, 0.15) is 0 Å². The van der Waals surface area contributed by atoms with E-state index in [4.69, 9.17) is 10.8 Å². The average Bonchev–Trinajstić information content (AvgIpc) is 2.35. The van der Waals surface area contributed by atoms with E-state index in [2.05, 4.69) is 23.1 Å². The first-order valence-corrected chi connectivity index (χ1v) is 6.03. The minimum atomic E-state index is 0.266. The molecule has 0 aromatic heterocycles. The van der Waals surface area contributed by atoms with Crippen molar-refractivity contribution >= 4 is 5.69 Å². The van der Waals surface area contributed by atoms with Crippen molar-refractivity contribution in [3.63, 3.8) is 0 Å². The standard InChI is InChI=1S/C13H20N2O/c14-10-11-4-5-12-3-1-6-15(7-2-8-16)13(12)9-11/h4-5,9,16H,1-3,6-8,10,14H2. The fourth-order valence-corrected chi connectivity index (χ4v) is 2.32. The van der Waals surface area contributed by atoms with Crippen LogP contribution < -0.4 is 10.6 Å². The summed E-state index contributed by atoms with van der Waals surface area (Å²) in [5.74, 6) is 0. The summed E-state index contributed by atoms with van der Waals surface area (Å²) in [7, 11) is 0. The normalized spacial score (nSPS) is 15.0. The van der Waals surface area contributed by atoms with Crippen LogP contribution >= 0.6 is 0 Å². The maximum Gasteiger partial charge on any atom is 0.0447 e. The smallest absolute Gasteiger partial charge is 0.0447 e. The summed E-state index contributed by atoms with van der Waals surface area (Å²) in [5, 5.41) is 8.90. The molecule has 1 aliphatic heterocycles. The first kappa shape index (κ1) is 11.4. The molecule has 1 heterocycles. The molecule has 0 aliphatic carbocycles. The van der Waals surface area contributed by atoms with Crippen molar-refractivity contribution < 1.29 is 5.11 Å². The van der Waals surface area contributed by atoms with Gasteiger partial charge < -0.3 is 15.7 Å². The first-order chi connectivity index (χ1) is 7.85. The van der Waals surface area contributed by atoms with E-state index in [-0.39, 0.29) is 6.61 Å². The minimum absolute atomic E-state index is 0.266. The van der Waals surface area contributed by atoms with Crippen LogP contribution in [0.2, 0.25) is 0 Å². The lowest BCUT2D eigenvalue weighted by atomic mass is 9.99. The van der Waals surface area contributed by atoms with Gasteiger partial charge in [0.2, 0.25) is 0 Å². The molecule has 3 nitrogen and oxygen atoms in total. The Morgan fingerprint density at radius 3 is 3.00 bits per heavy atom. The fraction of sp³-hybridized carbons (Fsp3) is 0.538. The molecule has 0 spiro atoms. The lowest BCUT2D eigenvalue weighted by Gasteiger charge is -2.31. The lowest BCUT2D eigenvalue weighted by molar-refractivity contribution is 0.289. The zero-order valence-electron chi connectivity index (χ0n) is 9.65. The van der Waals surface area contributed by atoms with Crippen LogP contribution in [0, 0.1) is 0 Å². The van der Waals surface area contributed by atoms with Gasteiger partial charge in [0.15, 0.2) is 0 Å². The van der Waals surface area contributed by atoms with Gasteiger partial charge in [0.25, 0.3) is 0 Å². The first-order valence-electron chi connectivity index (χ1n) is 6.03. The van der Waals surface area contributed by atoms with Crippen molar-refractivity contribution in [3.05, 3.63) is 29.3 Å². The predicted octanol–water partition coefficient (Wildman–Crippen LogP) is 1.28. The van der Waals surface area contributed by atoms with Gasteiger partial charge in [0, 0.05) is 31.9 Å². The van der Waals surface area contributed by atoms with Crippen molar-refractivity contribution in [2.75, 3.05) is 24.6 Å². The zero-order valence-corrected chi connectivity index (χ0v) is 9.65. The van der Waals surface area contributed by atoms with E-state index in [0.717, 1.165) is 25.9 Å². The predicted molar refractivity (Wildman–Crippen MR) is 66.6 cm³/mol. The summed E-state index contributed by atoms with van der Waals surface area (Å²) in [6, 6.07) is 6.52. The monoisotopic (exact) mass is 220 g/mol. The SMILES string of the molecule is NCc1ccc2c(c1)N(CCCO)CCC2. The topological polar surface area (TPSA) is 49.5 Å². The number of anilines is 1. The highest BCUT2D eigenvalue weighted by molar-refractivity contribution is 5.57. The Bertz CT molecular complexity index is 352. The zero-order chi connectivity index (χ0) is 11.4. The van der Waals surface area contributed by atoms with Gasteiger partial charge in [-0.1, -0.05) is 12.1 Å². The maximum absolute atomic E-state index is 8.90. The van der Waals surface area contributed by atoms with Crippen molar-refractivity contribution in [2.45, 2.75) is 25.8 Å². The number of nitrogens with two attached hydrogens (primary N) is 1. The summed E-state index contributed by atoms with van der Waals surface area (Å²) >= 11 is 0. The van der Waals surface area contributed by atoms with Crippen LogP contribution in [-0.4, -0.2) is 24.8 Å². The van der Waals surface area contributed by atoms with Crippen molar-refractivity contribution in [1.82, 2.24) is 0 Å². The molecular weight excluding hydrogens is 200 g/mol. The molecule has 0 saturated carbocycles. The van der Waals surface area contributed by atoms with E-state index in [1.54, 1.807) is 0 Å². The number of nitrogens with zero attached hydrogens (tertiary/aromatic N) is 1. The largest absolute Gasteiger partial charge is 0.396 e. The number of fused-ring (bicyclic) bond motifs is 1. The molecule has 1 aromatic rings. The van der Waals surface area contributed by atoms with Crippen LogP contribution in [0.25, 0.3) is 0 Å². The summed E-state index contributed by atoms with van der Waals surface area (Å²) < 4.78 is 0. The molecule has 3 N–H and O–H groups in total. The van der Waals surface area contributed by atoms with Gasteiger partial charge >= 0.3 is 0 Å². The third kappa shape index (κ3) is 2.36. The van der Waals surface area contributed by atoms with Gasteiger partial charge in [-0.15, -0.1) is 0 Å². The van der Waals surface area contributed by atoms with Crippen molar-refractivity contribution in [3.8, 4) is 0 Å². The highest BCUT2D eigenvalue weighted by atomic mass is 16.3. The molecule has 0 radical (unpaired) electrons. The minimum Gasteiger partial charge on any atom is -0.396 e. The molecule has 0 amide bonds. The average molecular weight is 220 g/mol. The number of hydrogen-bond donors (Lipinski definition) is 2. The van der Waals surface area contributed by atoms with E-state index in [9.17, 15) is 0 Å². The lowest BCUT2D eigenvalue weighted by Crippen LogP contribution is -2.30. The number of benzene rings is 1. The molecule has 1 aliphatic rings. The van der Waals surface area contributed by atoms with E-state index in [1.807, 2.05) is 0 Å². The second kappa shape index (κ2) is 5.32. The molecule has 16 heavy (non-hydrogen) atoms. The van der Waals surface area contributed by atoms with E-state index < -0.39 is 0 Å². The Kier molecular flexibility index (Phi) is 3.80. The molecule has 0 atom stereocenters. The van der Waals surface area contributed by atoms with Gasteiger partial charge in [0.05, 0.1) is 0 Å². The number of aryl methyl sites for hydroxylation is 1.